The number of imidazole rings is 1. The van der Waals surface area contributed by atoms with Crippen molar-refractivity contribution >= 4 is 19.8 Å². The van der Waals surface area contributed by atoms with E-state index in [0.29, 0.717) is 22.7 Å². The number of aryl methyl sites for hydroxylation is 1. The predicted octanol–water partition coefficient (Wildman–Crippen LogP) is 2.64. The molecular formula is C27H29F3N3O8P. The number of benzene rings is 2. The maximum absolute atomic E-state index is 14.0. The van der Waals surface area contributed by atoms with Gasteiger partial charge in [-0.2, -0.15) is 4.57 Å². The Bertz CT molecular complexity index is 1550. The number of carbonyl (C=O) groups is 1. The SMILES string of the molecule is COc1cc(/C=C2\O[C@@H](C)CN([C@H](c3cc(F)c(F)c(F)c3)[C@@H](C)O)C2=O)ccc1-[n+]1cc(C)n(COP(=O)([O-])O)c1. The third-order valence-corrected chi connectivity index (χ3v) is 7.02. The molecule has 1 amide bonds. The van der Waals surface area contributed by atoms with Crippen molar-refractivity contribution < 1.29 is 56.0 Å². The van der Waals surface area contributed by atoms with Crippen LogP contribution in [-0.4, -0.2) is 51.2 Å². The normalized spacial score (nSPS) is 19.4. The molecule has 4 atom stereocenters. The second kappa shape index (κ2) is 12.3. The molecule has 2 N–H and O–H groups in total. The summed E-state index contributed by atoms with van der Waals surface area (Å²) >= 11 is 0. The first-order valence-electron chi connectivity index (χ1n) is 12.6. The van der Waals surface area contributed by atoms with E-state index in [0.717, 1.165) is 12.1 Å². The third kappa shape index (κ3) is 6.85. The summed E-state index contributed by atoms with van der Waals surface area (Å²) in [5.41, 5.74) is 1.54. The van der Waals surface area contributed by atoms with E-state index in [-0.39, 0.29) is 17.9 Å². The highest BCUT2D eigenvalue weighted by molar-refractivity contribution is 7.44. The standard InChI is InChI=1S/C27H29F3N3O8P/c1-15-11-31(13-32(15)14-40-42(36,37)38)22-6-5-18(7-23(22)39-4)8-24-27(35)33(12-16(2)41-24)26(17(3)34)19-9-20(28)25(30)21(29)10-19/h5-11,13,16-17,26,34H,12,14H2,1-4H3,(H-,36,37,38)/b24-8-/t16-,17+,26-/m0/s1. The minimum atomic E-state index is -4.92. The van der Waals surface area contributed by atoms with Crippen LogP contribution in [0.4, 0.5) is 13.2 Å². The number of methoxy groups -OCH3 is 1. The van der Waals surface area contributed by atoms with Gasteiger partial charge in [-0.15, -0.1) is 0 Å². The zero-order chi connectivity index (χ0) is 30.9. The van der Waals surface area contributed by atoms with Crippen molar-refractivity contribution in [3.63, 3.8) is 0 Å². The molecule has 1 aromatic heterocycles. The van der Waals surface area contributed by atoms with Crippen LogP contribution in [0.2, 0.25) is 0 Å². The molecule has 2 aromatic carbocycles. The van der Waals surface area contributed by atoms with Crippen molar-refractivity contribution in [2.45, 2.75) is 45.8 Å². The molecule has 2 heterocycles. The number of aliphatic hydroxyl groups is 1. The summed E-state index contributed by atoms with van der Waals surface area (Å²) in [6.45, 7) is 4.28. The lowest BCUT2D eigenvalue weighted by atomic mass is 9.98. The van der Waals surface area contributed by atoms with Crippen LogP contribution in [0, 0.1) is 24.4 Å². The lowest BCUT2D eigenvalue weighted by molar-refractivity contribution is -0.596. The molecule has 1 fully saturated rings. The Morgan fingerprint density at radius 3 is 2.52 bits per heavy atom. The van der Waals surface area contributed by atoms with Crippen LogP contribution in [0.15, 0.2) is 48.6 Å². The van der Waals surface area contributed by atoms with Gasteiger partial charge >= 0.3 is 0 Å². The van der Waals surface area contributed by atoms with Crippen molar-refractivity contribution in [2.24, 2.45) is 0 Å². The summed E-state index contributed by atoms with van der Waals surface area (Å²) in [6.07, 6.45) is 2.84. The Morgan fingerprint density at radius 1 is 1.26 bits per heavy atom. The van der Waals surface area contributed by atoms with Gasteiger partial charge in [-0.3, -0.25) is 13.9 Å². The summed E-state index contributed by atoms with van der Waals surface area (Å²) in [4.78, 5) is 34.6. The first-order chi connectivity index (χ1) is 19.7. The molecule has 11 nitrogen and oxygen atoms in total. The van der Waals surface area contributed by atoms with Crippen LogP contribution in [0.3, 0.4) is 0 Å². The molecule has 42 heavy (non-hydrogen) atoms. The molecule has 226 valence electrons. The van der Waals surface area contributed by atoms with E-state index in [2.05, 4.69) is 4.52 Å². The third-order valence-electron chi connectivity index (χ3n) is 6.58. The fourth-order valence-electron chi connectivity index (χ4n) is 4.71. The highest BCUT2D eigenvalue weighted by atomic mass is 31.2. The van der Waals surface area contributed by atoms with Crippen molar-refractivity contribution in [1.82, 2.24) is 9.47 Å². The Labute approximate surface area is 239 Å². The maximum atomic E-state index is 14.0. The van der Waals surface area contributed by atoms with Crippen molar-refractivity contribution in [1.29, 1.82) is 0 Å². The van der Waals surface area contributed by atoms with Crippen LogP contribution in [-0.2, 0) is 25.4 Å². The lowest BCUT2D eigenvalue weighted by Gasteiger charge is -2.39. The number of nitrogens with zero attached hydrogens (tertiary/aromatic N) is 3. The number of hydrogen-bond acceptors (Lipinski definition) is 7. The molecule has 1 aliphatic rings. The molecule has 0 radical (unpaired) electrons. The second-order valence-corrected chi connectivity index (χ2v) is 11.0. The highest BCUT2D eigenvalue weighted by Crippen LogP contribution is 2.33. The number of morpholine rings is 1. The van der Waals surface area contributed by atoms with Gasteiger partial charge in [0.2, 0.25) is 0 Å². The minimum Gasteiger partial charge on any atom is -0.756 e. The smallest absolute Gasteiger partial charge is 0.289 e. The number of amides is 1. The van der Waals surface area contributed by atoms with Crippen LogP contribution in [0.1, 0.15) is 36.7 Å². The number of hydrogen-bond donors (Lipinski definition) is 2. The monoisotopic (exact) mass is 611 g/mol. The van der Waals surface area contributed by atoms with Crippen molar-refractivity contribution in [3.8, 4) is 11.4 Å². The van der Waals surface area contributed by atoms with Crippen LogP contribution in [0.25, 0.3) is 11.8 Å². The van der Waals surface area contributed by atoms with Crippen LogP contribution >= 0.6 is 7.82 Å². The Hall–Kier alpha value is -3.68. The predicted molar refractivity (Wildman–Crippen MR) is 139 cm³/mol. The fourth-order valence-corrected chi connectivity index (χ4v) is 4.98. The molecule has 4 rings (SSSR count). The first kappa shape index (κ1) is 31.3. The Balaban J connectivity index is 1.65. The van der Waals surface area contributed by atoms with E-state index in [1.165, 1.54) is 35.9 Å². The maximum Gasteiger partial charge on any atom is 0.289 e. The number of aliphatic hydroxyl groups excluding tert-OH is 1. The molecule has 0 bridgehead atoms. The molecule has 1 saturated heterocycles. The van der Waals surface area contributed by atoms with Crippen molar-refractivity contribution in [3.05, 3.63) is 82.9 Å². The topological polar surface area (TPSA) is 137 Å². The number of phosphoric acid groups is 1. The molecule has 0 aliphatic carbocycles. The van der Waals surface area contributed by atoms with Gasteiger partial charge in [-0.05, 0) is 55.3 Å². The highest BCUT2D eigenvalue weighted by Gasteiger charge is 2.37. The van der Waals surface area contributed by atoms with Gasteiger partial charge in [-0.25, -0.2) is 17.7 Å². The molecule has 1 unspecified atom stereocenters. The number of ether oxygens (including phenoxy) is 2. The Morgan fingerprint density at radius 2 is 1.93 bits per heavy atom. The van der Waals surface area contributed by atoms with Gasteiger partial charge in [-0.1, -0.05) is 6.07 Å². The molecular weight excluding hydrogens is 582 g/mol. The summed E-state index contributed by atoms with van der Waals surface area (Å²) in [6, 6.07) is 5.27. The quantitative estimate of drug-likeness (QED) is 0.163. The number of phosphoric ester groups is 1. The van der Waals surface area contributed by atoms with Gasteiger partial charge in [0, 0.05) is 6.92 Å². The average molecular weight is 612 g/mol. The van der Waals surface area contributed by atoms with Gasteiger partial charge in [0.15, 0.2) is 41.4 Å². The van der Waals surface area contributed by atoms with Gasteiger partial charge in [0.25, 0.3) is 20.1 Å². The lowest BCUT2D eigenvalue weighted by Crippen LogP contribution is -2.48. The van der Waals surface area contributed by atoms with E-state index in [1.54, 1.807) is 42.8 Å². The Kier molecular flexibility index (Phi) is 9.14. The van der Waals surface area contributed by atoms with Gasteiger partial charge in [0.05, 0.1) is 25.8 Å². The fraction of sp³-hybridized carbons (Fsp3) is 0.333. The van der Waals surface area contributed by atoms with Gasteiger partial charge < -0.3 is 29.3 Å². The van der Waals surface area contributed by atoms with E-state index < -0.39 is 56.2 Å². The zero-order valence-electron chi connectivity index (χ0n) is 23.0. The van der Waals surface area contributed by atoms with Crippen LogP contribution < -0.4 is 14.2 Å². The molecule has 1 aliphatic heterocycles. The van der Waals surface area contributed by atoms with E-state index in [4.69, 9.17) is 14.4 Å². The molecule has 15 heteroatoms. The molecule has 0 spiro atoms. The summed E-state index contributed by atoms with van der Waals surface area (Å²) in [5.74, 6) is -4.93. The largest absolute Gasteiger partial charge is 0.756 e. The average Bonchev–Trinajstić information content (AvgIpc) is 3.28. The zero-order valence-corrected chi connectivity index (χ0v) is 23.9. The number of rotatable bonds is 9. The number of carbonyl (C=O) groups excluding carboxylic acids is 1. The summed E-state index contributed by atoms with van der Waals surface area (Å²) in [7, 11) is -3.49. The summed E-state index contributed by atoms with van der Waals surface area (Å²) < 4.78 is 71.4. The van der Waals surface area contributed by atoms with E-state index in [9.17, 15) is 32.5 Å². The minimum absolute atomic E-state index is 0.0105. The summed E-state index contributed by atoms with van der Waals surface area (Å²) in [5, 5.41) is 10.5. The van der Waals surface area contributed by atoms with E-state index >= 15 is 0 Å². The van der Waals surface area contributed by atoms with Crippen LogP contribution in [0.5, 0.6) is 5.75 Å². The number of aromatic nitrogens is 2. The number of halogens is 3. The van der Waals surface area contributed by atoms with Gasteiger partial charge in [0.1, 0.15) is 18.0 Å². The molecule has 3 aromatic rings. The first-order valence-corrected chi connectivity index (χ1v) is 14.1. The molecule has 0 saturated carbocycles. The second-order valence-electron chi connectivity index (χ2n) is 9.80. The van der Waals surface area contributed by atoms with Crippen molar-refractivity contribution in [2.75, 3.05) is 13.7 Å². The van der Waals surface area contributed by atoms with E-state index in [1.807, 2.05) is 0 Å².